The second kappa shape index (κ2) is 11.2. The molecule has 0 aliphatic carbocycles. The molecule has 4 amide bonds. The van der Waals surface area contributed by atoms with Crippen molar-refractivity contribution in [3.63, 3.8) is 0 Å². The van der Waals surface area contributed by atoms with Gasteiger partial charge in [-0.05, 0) is 73.5 Å². The average Bonchev–Trinajstić information content (AvgIpc) is 2.89. The smallest absolute Gasteiger partial charge is 0.307 e. The lowest BCUT2D eigenvalue weighted by Crippen LogP contribution is -2.49. The second-order valence-electron chi connectivity index (χ2n) is 9.12. The zero-order valence-electron chi connectivity index (χ0n) is 20.6. The number of benzene rings is 4. The van der Waals surface area contributed by atoms with Gasteiger partial charge in [0.2, 0.25) is 0 Å². The number of para-hydroxylation sites is 2. The molecule has 0 spiro atoms. The van der Waals surface area contributed by atoms with Gasteiger partial charge in [0, 0.05) is 33.1 Å². The Bertz CT molecular complexity index is 1460. The van der Waals surface area contributed by atoms with Crippen molar-refractivity contribution in [2.45, 2.75) is 25.4 Å². The molecule has 4 aromatic carbocycles. The summed E-state index contributed by atoms with van der Waals surface area (Å²) in [7, 11) is 0. The summed E-state index contributed by atoms with van der Waals surface area (Å²) in [6.45, 7) is 1.98. The molecule has 2 N–H and O–H groups in total. The number of amides is 4. The first-order valence-corrected chi connectivity index (χ1v) is 13.0. The Kier molecular flexibility index (Phi) is 7.54. The molecular formula is C30H26Cl2N4O2. The molecule has 8 heteroatoms. The normalized spacial score (nSPS) is 16.3. The maximum Gasteiger partial charge on any atom is 0.326 e. The molecule has 1 aliphatic rings. The van der Waals surface area contributed by atoms with Gasteiger partial charge in [-0.25, -0.2) is 9.59 Å². The van der Waals surface area contributed by atoms with E-state index >= 15 is 0 Å². The van der Waals surface area contributed by atoms with E-state index in [1.165, 1.54) is 0 Å². The number of hydrogen-bond donors (Lipinski definition) is 2. The molecule has 2 atom stereocenters. The van der Waals surface area contributed by atoms with Crippen LogP contribution in [0.15, 0.2) is 103 Å². The molecule has 1 heterocycles. The standard InChI is InChI=1S/C30H26Cl2N4O2/c1-20-17-28(36(25-13-3-2-4-14-25)30(38)34-24-12-8-10-22(32)19-24)26-15-5-6-16-27(26)35(20)29(37)33-23-11-7-9-21(31)18-23/h2-16,18-20,28H,17H2,1H3,(H,33,37)(H,34,38)/t20-,28-/m0/s1. The fraction of sp³-hybridized carbons (Fsp3) is 0.133. The van der Waals surface area contributed by atoms with E-state index in [0.717, 1.165) is 16.9 Å². The van der Waals surface area contributed by atoms with Crippen LogP contribution in [0.5, 0.6) is 0 Å². The van der Waals surface area contributed by atoms with Crippen LogP contribution in [-0.4, -0.2) is 18.1 Å². The van der Waals surface area contributed by atoms with Gasteiger partial charge in [0.15, 0.2) is 0 Å². The minimum absolute atomic E-state index is 0.209. The van der Waals surface area contributed by atoms with Crippen molar-refractivity contribution < 1.29 is 9.59 Å². The largest absolute Gasteiger partial charge is 0.326 e. The van der Waals surface area contributed by atoms with Gasteiger partial charge in [-0.15, -0.1) is 0 Å². The van der Waals surface area contributed by atoms with Gasteiger partial charge in [-0.3, -0.25) is 9.80 Å². The number of carbonyl (C=O) groups is 2. The van der Waals surface area contributed by atoms with Gasteiger partial charge in [-0.2, -0.15) is 0 Å². The lowest BCUT2D eigenvalue weighted by molar-refractivity contribution is 0.251. The number of rotatable bonds is 4. The number of nitrogens with zero attached hydrogens (tertiary/aromatic N) is 2. The quantitative estimate of drug-likeness (QED) is 0.270. The Balaban J connectivity index is 1.51. The molecule has 0 fully saturated rings. The lowest BCUT2D eigenvalue weighted by atomic mass is 9.90. The number of urea groups is 2. The summed E-state index contributed by atoms with van der Waals surface area (Å²) in [5.74, 6) is 0. The molecule has 5 rings (SSSR count). The molecule has 192 valence electrons. The first kappa shape index (κ1) is 25.6. The van der Waals surface area contributed by atoms with Crippen LogP contribution in [0, 0.1) is 0 Å². The van der Waals surface area contributed by atoms with E-state index in [4.69, 9.17) is 23.2 Å². The summed E-state index contributed by atoms with van der Waals surface area (Å²) in [5, 5.41) is 7.03. The van der Waals surface area contributed by atoms with Crippen LogP contribution in [0.2, 0.25) is 10.0 Å². The Morgan fingerprint density at radius 1 is 0.789 bits per heavy atom. The predicted octanol–water partition coefficient (Wildman–Crippen LogP) is 8.60. The van der Waals surface area contributed by atoms with Crippen LogP contribution in [0.4, 0.5) is 32.3 Å². The van der Waals surface area contributed by atoms with E-state index in [1.54, 1.807) is 58.3 Å². The summed E-state index contributed by atoms with van der Waals surface area (Å²) >= 11 is 12.3. The Morgan fingerprint density at radius 3 is 2.05 bits per heavy atom. The molecule has 0 radical (unpaired) electrons. The van der Waals surface area contributed by atoms with Crippen LogP contribution in [0.1, 0.15) is 24.9 Å². The van der Waals surface area contributed by atoms with Crippen molar-refractivity contribution in [2.75, 3.05) is 20.4 Å². The first-order chi connectivity index (χ1) is 18.4. The predicted molar refractivity (Wildman–Crippen MR) is 156 cm³/mol. The SMILES string of the molecule is C[C@H]1C[C@H](N(C(=O)Nc2cccc(Cl)c2)c2ccccc2)c2ccccc2N1C(=O)Nc1cccc(Cl)c1. The molecule has 0 saturated heterocycles. The van der Waals surface area contributed by atoms with Crippen molar-refractivity contribution in [3.8, 4) is 0 Å². The van der Waals surface area contributed by atoms with Crippen molar-refractivity contribution >= 4 is 58.0 Å². The van der Waals surface area contributed by atoms with E-state index in [1.807, 2.05) is 61.5 Å². The maximum absolute atomic E-state index is 13.8. The molecule has 0 unspecified atom stereocenters. The van der Waals surface area contributed by atoms with Gasteiger partial charge < -0.3 is 10.6 Å². The fourth-order valence-electron chi connectivity index (χ4n) is 4.86. The number of carbonyl (C=O) groups excluding carboxylic acids is 2. The maximum atomic E-state index is 13.8. The molecule has 4 aromatic rings. The summed E-state index contributed by atoms with van der Waals surface area (Å²) in [6, 6.07) is 30.2. The highest BCUT2D eigenvalue weighted by atomic mass is 35.5. The molecule has 0 saturated carbocycles. The summed E-state index contributed by atoms with van der Waals surface area (Å²) < 4.78 is 0. The third-order valence-electron chi connectivity index (χ3n) is 6.50. The highest BCUT2D eigenvalue weighted by Gasteiger charge is 2.38. The van der Waals surface area contributed by atoms with E-state index in [9.17, 15) is 9.59 Å². The molecule has 6 nitrogen and oxygen atoms in total. The minimum Gasteiger partial charge on any atom is -0.307 e. The topological polar surface area (TPSA) is 64.7 Å². The lowest BCUT2D eigenvalue weighted by Gasteiger charge is -2.43. The van der Waals surface area contributed by atoms with E-state index in [0.29, 0.717) is 27.8 Å². The number of anilines is 4. The third-order valence-corrected chi connectivity index (χ3v) is 6.97. The van der Waals surface area contributed by atoms with Gasteiger partial charge >= 0.3 is 12.1 Å². The first-order valence-electron chi connectivity index (χ1n) is 12.3. The highest BCUT2D eigenvalue weighted by Crippen LogP contribution is 2.42. The number of hydrogen-bond acceptors (Lipinski definition) is 2. The molecule has 38 heavy (non-hydrogen) atoms. The molecule has 0 aromatic heterocycles. The number of halogens is 2. The number of nitrogens with one attached hydrogen (secondary N) is 2. The van der Waals surface area contributed by atoms with Crippen molar-refractivity contribution in [2.24, 2.45) is 0 Å². The van der Waals surface area contributed by atoms with Crippen LogP contribution in [0.3, 0.4) is 0 Å². The Hall–Kier alpha value is -4.00. The Morgan fingerprint density at radius 2 is 1.39 bits per heavy atom. The van der Waals surface area contributed by atoms with Gasteiger partial charge in [0.25, 0.3) is 0 Å². The van der Waals surface area contributed by atoms with Crippen LogP contribution in [0.25, 0.3) is 0 Å². The second-order valence-corrected chi connectivity index (χ2v) is 9.99. The zero-order valence-corrected chi connectivity index (χ0v) is 22.2. The molecule has 0 bridgehead atoms. The highest BCUT2D eigenvalue weighted by molar-refractivity contribution is 6.31. The van der Waals surface area contributed by atoms with Gasteiger partial charge in [0.05, 0.1) is 11.7 Å². The summed E-state index contributed by atoms with van der Waals surface area (Å²) in [5.41, 5.74) is 3.57. The average molecular weight is 545 g/mol. The zero-order chi connectivity index (χ0) is 26.6. The van der Waals surface area contributed by atoms with Gasteiger partial charge in [0.1, 0.15) is 0 Å². The van der Waals surface area contributed by atoms with E-state index in [2.05, 4.69) is 10.6 Å². The van der Waals surface area contributed by atoms with Crippen LogP contribution >= 0.6 is 23.2 Å². The summed E-state index contributed by atoms with van der Waals surface area (Å²) in [6.07, 6.45) is 0.526. The van der Waals surface area contributed by atoms with Gasteiger partial charge in [-0.1, -0.05) is 71.7 Å². The van der Waals surface area contributed by atoms with Crippen LogP contribution < -0.4 is 20.4 Å². The van der Waals surface area contributed by atoms with E-state index in [-0.39, 0.29) is 24.1 Å². The molecular weight excluding hydrogens is 519 g/mol. The summed E-state index contributed by atoms with van der Waals surface area (Å²) in [4.78, 5) is 30.8. The van der Waals surface area contributed by atoms with E-state index < -0.39 is 0 Å². The Labute approximate surface area is 231 Å². The van der Waals surface area contributed by atoms with Crippen molar-refractivity contribution in [1.29, 1.82) is 0 Å². The molecule has 1 aliphatic heterocycles. The number of fused-ring (bicyclic) bond motifs is 1. The van der Waals surface area contributed by atoms with Crippen molar-refractivity contribution in [1.82, 2.24) is 0 Å². The monoisotopic (exact) mass is 544 g/mol. The third kappa shape index (κ3) is 5.47. The fourth-order valence-corrected chi connectivity index (χ4v) is 5.24. The van der Waals surface area contributed by atoms with Crippen LogP contribution in [-0.2, 0) is 0 Å². The van der Waals surface area contributed by atoms with Crippen molar-refractivity contribution in [3.05, 3.63) is 119 Å². The minimum atomic E-state index is -0.321.